The molecular formula is C29H31F4N9O3. The van der Waals surface area contributed by atoms with Gasteiger partial charge in [0, 0.05) is 24.3 Å². The average molecular weight is 630 g/mol. The molecule has 3 aliphatic carbocycles. The Morgan fingerprint density at radius 3 is 2.53 bits per heavy atom. The molecular weight excluding hydrogens is 598 g/mol. The highest BCUT2D eigenvalue weighted by Crippen LogP contribution is 2.53. The van der Waals surface area contributed by atoms with Crippen molar-refractivity contribution in [1.29, 1.82) is 5.26 Å². The van der Waals surface area contributed by atoms with Crippen molar-refractivity contribution in [3.8, 4) is 6.07 Å². The van der Waals surface area contributed by atoms with E-state index in [0.717, 1.165) is 17.7 Å². The van der Waals surface area contributed by atoms with E-state index in [-0.39, 0.29) is 48.9 Å². The maximum Gasteiger partial charge on any atom is 0.318 e. The Kier molecular flexibility index (Phi) is 6.97. The van der Waals surface area contributed by atoms with Gasteiger partial charge in [-0.3, -0.25) is 4.79 Å². The zero-order valence-corrected chi connectivity index (χ0v) is 24.2. The van der Waals surface area contributed by atoms with Gasteiger partial charge in [-0.05, 0) is 55.7 Å². The minimum absolute atomic E-state index is 0.0505. The van der Waals surface area contributed by atoms with Crippen molar-refractivity contribution >= 4 is 17.6 Å². The first kappa shape index (κ1) is 29.4. The predicted molar refractivity (Wildman–Crippen MR) is 146 cm³/mol. The summed E-state index contributed by atoms with van der Waals surface area (Å²) in [6, 6.07) is 1.41. The Morgan fingerprint density at radius 1 is 1.11 bits per heavy atom. The van der Waals surface area contributed by atoms with Crippen molar-refractivity contribution in [2.24, 2.45) is 11.3 Å². The van der Waals surface area contributed by atoms with Crippen LogP contribution in [0.1, 0.15) is 103 Å². The van der Waals surface area contributed by atoms with Gasteiger partial charge in [-0.1, -0.05) is 11.6 Å². The van der Waals surface area contributed by atoms with E-state index in [2.05, 4.69) is 32.1 Å². The van der Waals surface area contributed by atoms with E-state index in [1.54, 1.807) is 12.3 Å². The lowest BCUT2D eigenvalue weighted by molar-refractivity contribution is -0.0628. The number of hydrogen-bond acceptors (Lipinski definition) is 8. The Hall–Kier alpha value is -4.29. The lowest BCUT2D eigenvalue weighted by atomic mass is 9.63. The van der Waals surface area contributed by atoms with Gasteiger partial charge in [0.1, 0.15) is 5.69 Å². The monoisotopic (exact) mass is 629 g/mol. The molecule has 0 aromatic carbocycles. The highest BCUT2D eigenvalue weighted by atomic mass is 19.3. The largest absolute Gasteiger partial charge is 0.342 e. The molecule has 16 heteroatoms. The van der Waals surface area contributed by atoms with E-state index >= 15 is 0 Å². The normalized spacial score (nSPS) is 23.9. The molecule has 4 fully saturated rings. The molecule has 0 spiro atoms. The Labute approximate surface area is 254 Å². The minimum Gasteiger partial charge on any atom is -0.342 e. The van der Waals surface area contributed by atoms with Crippen molar-refractivity contribution in [2.45, 2.75) is 87.6 Å². The number of alkyl halides is 4. The second kappa shape index (κ2) is 10.7. The average Bonchev–Trinajstić information content (AvgIpc) is 3.54. The molecule has 4 heterocycles. The van der Waals surface area contributed by atoms with Crippen LogP contribution in [-0.2, 0) is 0 Å². The summed E-state index contributed by atoms with van der Waals surface area (Å²) in [5.74, 6) is -6.81. The summed E-state index contributed by atoms with van der Waals surface area (Å²) in [7, 11) is 0. The van der Waals surface area contributed by atoms with Crippen LogP contribution in [0.4, 0.5) is 22.4 Å². The molecule has 3 aromatic heterocycles. The molecule has 2 N–H and O–H groups in total. The number of imidazole rings is 1. The number of hydrogen-bond donors (Lipinski definition) is 2. The van der Waals surface area contributed by atoms with Gasteiger partial charge in [0.05, 0.1) is 54.7 Å². The number of amides is 3. The lowest BCUT2D eigenvalue weighted by Crippen LogP contribution is -2.60. The Bertz CT molecular complexity index is 1670. The fraction of sp³-hybridized carbons (Fsp3) is 0.621. The number of carbonyl (C=O) groups excluding carboxylic acids is 2. The van der Waals surface area contributed by atoms with Gasteiger partial charge in [-0.25, -0.2) is 36.5 Å². The summed E-state index contributed by atoms with van der Waals surface area (Å²) in [5.41, 5.74) is 0.457. The van der Waals surface area contributed by atoms with Gasteiger partial charge in [-0.15, -0.1) is 0 Å². The van der Waals surface area contributed by atoms with Crippen LogP contribution in [0.2, 0.25) is 0 Å². The van der Waals surface area contributed by atoms with Crippen LogP contribution >= 0.6 is 0 Å². The summed E-state index contributed by atoms with van der Waals surface area (Å²) in [6.45, 7) is -1.64. The number of aromatic nitrogens is 5. The van der Waals surface area contributed by atoms with Crippen LogP contribution < -0.4 is 10.6 Å². The van der Waals surface area contributed by atoms with Crippen molar-refractivity contribution in [2.75, 3.05) is 13.1 Å². The number of nitrogens with one attached hydrogen (secondary N) is 2. The van der Waals surface area contributed by atoms with Gasteiger partial charge < -0.3 is 15.5 Å². The molecule has 3 aromatic rings. The molecule has 2 atom stereocenters. The SMILES string of the molecule is N#CC1(C(c2cnn3cc(C(NC(=O)c4nonc4C4CC4)C4CCC(F)(F)CC4)nc3c2)N2CC(F)(F)CNC2=O)CCC1. The van der Waals surface area contributed by atoms with Crippen molar-refractivity contribution in [3.63, 3.8) is 0 Å². The second-order valence-corrected chi connectivity index (χ2v) is 12.8. The van der Waals surface area contributed by atoms with Crippen molar-refractivity contribution < 1.29 is 31.8 Å². The minimum atomic E-state index is -3.19. The number of nitrogens with zero attached hydrogens (tertiary/aromatic N) is 7. The molecule has 4 aliphatic rings. The van der Waals surface area contributed by atoms with Crippen molar-refractivity contribution in [1.82, 2.24) is 40.4 Å². The highest BCUT2D eigenvalue weighted by molar-refractivity contribution is 5.93. The fourth-order valence-corrected chi connectivity index (χ4v) is 6.92. The third-order valence-electron chi connectivity index (χ3n) is 9.67. The third-order valence-corrected chi connectivity index (χ3v) is 9.67. The molecule has 12 nitrogen and oxygen atoms in total. The number of nitriles is 1. The maximum atomic E-state index is 14.5. The summed E-state index contributed by atoms with van der Waals surface area (Å²) in [4.78, 5) is 32.0. The van der Waals surface area contributed by atoms with E-state index in [9.17, 15) is 32.4 Å². The van der Waals surface area contributed by atoms with Gasteiger partial charge in [0.25, 0.3) is 11.8 Å². The molecule has 45 heavy (non-hydrogen) atoms. The maximum absolute atomic E-state index is 14.5. The van der Waals surface area contributed by atoms with E-state index < -0.39 is 54.4 Å². The van der Waals surface area contributed by atoms with Gasteiger partial charge in [0.2, 0.25) is 5.92 Å². The first-order valence-corrected chi connectivity index (χ1v) is 15.2. The van der Waals surface area contributed by atoms with Crippen LogP contribution in [0.15, 0.2) is 23.1 Å². The van der Waals surface area contributed by atoms with Gasteiger partial charge in [0.15, 0.2) is 11.3 Å². The molecule has 238 valence electrons. The standard InChI is InChI=1S/C29H31F4N9O3/c30-28(31)8-4-17(5-9-28)21(38-25(43)23-22(16-2-3-16)39-45-40-23)19-12-42-20(37-19)10-18(11-36-42)24(27(13-34)6-1-7-27)41-15-29(32,33)14-35-26(41)44/h10-12,16-17,21,24H,1-9,14-15H2,(H,35,44)(H,38,43). The van der Waals surface area contributed by atoms with E-state index in [4.69, 9.17) is 9.61 Å². The molecule has 1 saturated heterocycles. The molecule has 7 rings (SSSR count). The lowest BCUT2D eigenvalue weighted by Gasteiger charge is -2.49. The number of halogens is 4. The molecule has 3 saturated carbocycles. The van der Waals surface area contributed by atoms with Crippen molar-refractivity contribution in [3.05, 3.63) is 41.1 Å². The molecule has 3 amide bonds. The molecule has 1 aliphatic heterocycles. The number of rotatable bonds is 8. The van der Waals surface area contributed by atoms with E-state index in [1.165, 1.54) is 10.7 Å². The van der Waals surface area contributed by atoms with Crippen LogP contribution in [0, 0.1) is 22.7 Å². The first-order chi connectivity index (χ1) is 21.5. The summed E-state index contributed by atoms with van der Waals surface area (Å²) >= 11 is 0. The number of carbonyl (C=O) groups is 2. The Balaban J connectivity index is 1.24. The van der Waals surface area contributed by atoms with Crippen LogP contribution in [0.5, 0.6) is 0 Å². The van der Waals surface area contributed by atoms with Gasteiger partial charge in [-0.2, -0.15) is 10.4 Å². The van der Waals surface area contributed by atoms with Crippen LogP contribution in [0.25, 0.3) is 5.65 Å². The highest BCUT2D eigenvalue weighted by Gasteiger charge is 2.53. The van der Waals surface area contributed by atoms with Crippen LogP contribution in [0.3, 0.4) is 0 Å². The third kappa shape index (κ3) is 5.46. The number of fused-ring (bicyclic) bond motifs is 1. The predicted octanol–water partition coefficient (Wildman–Crippen LogP) is 4.68. The molecule has 0 radical (unpaired) electrons. The Morgan fingerprint density at radius 2 is 1.87 bits per heavy atom. The summed E-state index contributed by atoms with van der Waals surface area (Å²) in [6.07, 6.45) is 5.91. The zero-order chi connectivity index (χ0) is 31.6. The summed E-state index contributed by atoms with van der Waals surface area (Å²) in [5, 5.41) is 27.5. The first-order valence-electron chi connectivity index (χ1n) is 15.2. The van der Waals surface area contributed by atoms with E-state index in [1.807, 2.05) is 0 Å². The zero-order valence-electron chi connectivity index (χ0n) is 24.2. The van der Waals surface area contributed by atoms with E-state index in [0.29, 0.717) is 36.2 Å². The number of urea groups is 1. The topological polar surface area (TPSA) is 154 Å². The molecule has 2 unspecified atom stereocenters. The van der Waals surface area contributed by atoms with Crippen LogP contribution in [-0.4, -0.2) is 66.7 Å². The van der Waals surface area contributed by atoms with Gasteiger partial charge >= 0.3 is 6.03 Å². The quantitative estimate of drug-likeness (QED) is 0.341. The summed E-state index contributed by atoms with van der Waals surface area (Å²) < 4.78 is 63.5. The fourth-order valence-electron chi connectivity index (χ4n) is 6.92. The smallest absolute Gasteiger partial charge is 0.318 e. The second-order valence-electron chi connectivity index (χ2n) is 12.8. The molecule has 0 bridgehead atoms.